The number of anilines is 1. The molecule has 0 aliphatic heterocycles. The molecule has 0 saturated carbocycles. The molecular weight excluding hydrogens is 323 g/mol. The Labute approximate surface area is 140 Å². The number of hydrogen-bond donors (Lipinski definition) is 1. The van der Waals surface area contributed by atoms with Gasteiger partial charge in [0.15, 0.2) is 5.11 Å². The lowest BCUT2D eigenvalue weighted by molar-refractivity contribution is 0.508. The predicted molar refractivity (Wildman–Crippen MR) is 95.3 cm³/mol. The second kappa shape index (κ2) is 7.12. The van der Waals surface area contributed by atoms with Crippen molar-refractivity contribution in [3.63, 3.8) is 0 Å². The number of rotatable bonds is 3. The molecule has 0 fully saturated rings. The number of nitrogens with zero attached hydrogens (tertiary/aromatic N) is 1. The molecule has 0 heterocycles. The number of nitrogens with one attached hydrogen (secondary N) is 1. The standard InChI is InChI=1S/C16H16Cl2N2S/c1-11-3-5-12(6-4-11)10-20(2)16(21)19-15-8-13(17)7-14(18)9-15/h3-9H,10H2,1-2H3,(H,19,21). The molecule has 0 aliphatic carbocycles. The lowest BCUT2D eigenvalue weighted by Crippen LogP contribution is -2.30. The highest BCUT2D eigenvalue weighted by Crippen LogP contribution is 2.22. The van der Waals surface area contributed by atoms with E-state index in [2.05, 4.69) is 36.5 Å². The van der Waals surface area contributed by atoms with E-state index >= 15 is 0 Å². The molecule has 1 N–H and O–H groups in total. The summed E-state index contributed by atoms with van der Waals surface area (Å²) in [5.41, 5.74) is 3.24. The first-order valence-electron chi connectivity index (χ1n) is 6.48. The second-order valence-corrected chi connectivity index (χ2v) is 6.19. The van der Waals surface area contributed by atoms with Gasteiger partial charge in [0.05, 0.1) is 0 Å². The Hall–Kier alpha value is -1.29. The van der Waals surface area contributed by atoms with E-state index in [1.54, 1.807) is 18.2 Å². The maximum Gasteiger partial charge on any atom is 0.173 e. The summed E-state index contributed by atoms with van der Waals surface area (Å²) in [6, 6.07) is 13.7. The summed E-state index contributed by atoms with van der Waals surface area (Å²) >= 11 is 17.4. The third-order valence-electron chi connectivity index (χ3n) is 3.00. The van der Waals surface area contributed by atoms with Crippen LogP contribution in [0.15, 0.2) is 42.5 Å². The van der Waals surface area contributed by atoms with Gasteiger partial charge in [-0.05, 0) is 42.9 Å². The van der Waals surface area contributed by atoms with Crippen molar-refractivity contribution in [3.8, 4) is 0 Å². The molecule has 21 heavy (non-hydrogen) atoms. The molecule has 0 aromatic heterocycles. The first kappa shape index (κ1) is 16.1. The van der Waals surface area contributed by atoms with E-state index in [4.69, 9.17) is 35.4 Å². The summed E-state index contributed by atoms with van der Waals surface area (Å²) < 4.78 is 0. The highest BCUT2D eigenvalue weighted by Gasteiger charge is 2.07. The van der Waals surface area contributed by atoms with Gasteiger partial charge in [0.1, 0.15) is 0 Å². The number of hydrogen-bond acceptors (Lipinski definition) is 1. The van der Waals surface area contributed by atoms with Gasteiger partial charge in [-0.2, -0.15) is 0 Å². The van der Waals surface area contributed by atoms with Crippen molar-refractivity contribution in [2.75, 3.05) is 12.4 Å². The fraction of sp³-hybridized carbons (Fsp3) is 0.188. The van der Waals surface area contributed by atoms with Crippen molar-refractivity contribution in [1.29, 1.82) is 0 Å². The fourth-order valence-corrected chi connectivity index (χ4v) is 2.59. The molecule has 0 atom stereocenters. The van der Waals surface area contributed by atoms with Crippen LogP contribution in [-0.2, 0) is 6.54 Å². The highest BCUT2D eigenvalue weighted by atomic mass is 35.5. The molecule has 0 bridgehead atoms. The van der Waals surface area contributed by atoms with Crippen LogP contribution in [0.2, 0.25) is 10.0 Å². The molecule has 2 rings (SSSR count). The SMILES string of the molecule is Cc1ccc(CN(C)C(=S)Nc2cc(Cl)cc(Cl)c2)cc1. The van der Waals surface area contributed by atoms with Gasteiger partial charge in [-0.15, -0.1) is 0 Å². The van der Waals surface area contributed by atoms with Crippen LogP contribution >= 0.6 is 35.4 Å². The van der Waals surface area contributed by atoms with Crippen LogP contribution in [0.3, 0.4) is 0 Å². The number of aryl methyl sites for hydroxylation is 1. The summed E-state index contributed by atoms with van der Waals surface area (Å²) in [6.07, 6.45) is 0. The van der Waals surface area contributed by atoms with E-state index in [0.717, 1.165) is 12.2 Å². The van der Waals surface area contributed by atoms with E-state index in [-0.39, 0.29) is 0 Å². The maximum atomic E-state index is 5.98. The highest BCUT2D eigenvalue weighted by molar-refractivity contribution is 7.80. The second-order valence-electron chi connectivity index (χ2n) is 4.93. The van der Waals surface area contributed by atoms with E-state index in [1.807, 2.05) is 11.9 Å². The third-order valence-corrected chi connectivity index (χ3v) is 3.85. The summed E-state index contributed by atoms with van der Waals surface area (Å²) in [4.78, 5) is 1.97. The largest absolute Gasteiger partial charge is 0.348 e. The van der Waals surface area contributed by atoms with Crippen LogP contribution in [0.4, 0.5) is 5.69 Å². The minimum atomic E-state index is 0.578. The fourth-order valence-electron chi connectivity index (χ4n) is 1.88. The molecule has 5 heteroatoms. The summed E-state index contributed by atoms with van der Waals surface area (Å²) in [6.45, 7) is 2.81. The zero-order valence-electron chi connectivity index (χ0n) is 11.9. The summed E-state index contributed by atoms with van der Waals surface area (Å²) in [7, 11) is 1.95. The van der Waals surface area contributed by atoms with Gasteiger partial charge in [0.25, 0.3) is 0 Å². The molecule has 2 aromatic rings. The van der Waals surface area contributed by atoms with Gasteiger partial charge in [0.2, 0.25) is 0 Å². The van der Waals surface area contributed by atoms with Crippen molar-refractivity contribution in [2.24, 2.45) is 0 Å². The van der Waals surface area contributed by atoms with Crippen molar-refractivity contribution in [1.82, 2.24) is 4.90 Å². The molecule has 110 valence electrons. The Morgan fingerprint density at radius 1 is 1.10 bits per heavy atom. The maximum absolute atomic E-state index is 5.98. The van der Waals surface area contributed by atoms with Crippen LogP contribution < -0.4 is 5.32 Å². The first-order chi connectivity index (χ1) is 9.94. The van der Waals surface area contributed by atoms with Gasteiger partial charge in [0, 0.05) is 29.3 Å². The average molecular weight is 339 g/mol. The van der Waals surface area contributed by atoms with Crippen LogP contribution in [0, 0.1) is 6.92 Å². The summed E-state index contributed by atoms with van der Waals surface area (Å²) in [5.74, 6) is 0. The minimum absolute atomic E-state index is 0.578. The number of benzene rings is 2. The van der Waals surface area contributed by atoms with E-state index in [1.165, 1.54) is 11.1 Å². The molecule has 0 saturated heterocycles. The van der Waals surface area contributed by atoms with Gasteiger partial charge >= 0.3 is 0 Å². The van der Waals surface area contributed by atoms with Gasteiger partial charge < -0.3 is 10.2 Å². The Bertz CT molecular complexity index is 621. The third kappa shape index (κ3) is 4.88. The average Bonchev–Trinajstić information content (AvgIpc) is 2.40. The Balaban J connectivity index is 2.00. The monoisotopic (exact) mass is 338 g/mol. The minimum Gasteiger partial charge on any atom is -0.348 e. The zero-order chi connectivity index (χ0) is 15.4. The van der Waals surface area contributed by atoms with Crippen LogP contribution in [-0.4, -0.2) is 17.1 Å². The predicted octanol–water partition coefficient (Wildman–Crippen LogP) is 5.13. The lowest BCUT2D eigenvalue weighted by Gasteiger charge is -2.21. The zero-order valence-corrected chi connectivity index (χ0v) is 14.2. The van der Waals surface area contributed by atoms with Crippen LogP contribution in [0.1, 0.15) is 11.1 Å². The van der Waals surface area contributed by atoms with Crippen molar-refractivity contribution in [3.05, 3.63) is 63.6 Å². The number of halogens is 2. The van der Waals surface area contributed by atoms with Gasteiger partial charge in [-0.3, -0.25) is 0 Å². The molecule has 0 amide bonds. The lowest BCUT2D eigenvalue weighted by atomic mass is 10.1. The van der Waals surface area contributed by atoms with E-state index in [9.17, 15) is 0 Å². The molecule has 0 spiro atoms. The van der Waals surface area contributed by atoms with Crippen molar-refractivity contribution >= 4 is 46.2 Å². The van der Waals surface area contributed by atoms with Crippen molar-refractivity contribution in [2.45, 2.75) is 13.5 Å². The molecule has 0 aliphatic rings. The molecular formula is C16H16Cl2N2S. The number of thiocarbonyl (C=S) groups is 1. The van der Waals surface area contributed by atoms with E-state index < -0.39 is 0 Å². The molecule has 0 radical (unpaired) electrons. The van der Waals surface area contributed by atoms with Crippen molar-refractivity contribution < 1.29 is 0 Å². The first-order valence-corrected chi connectivity index (χ1v) is 7.64. The molecule has 2 aromatic carbocycles. The Kier molecular flexibility index (Phi) is 5.45. The van der Waals surface area contributed by atoms with Crippen LogP contribution in [0.5, 0.6) is 0 Å². The normalized spacial score (nSPS) is 10.3. The van der Waals surface area contributed by atoms with Gasteiger partial charge in [-0.25, -0.2) is 0 Å². The Morgan fingerprint density at radius 2 is 1.67 bits per heavy atom. The molecule has 0 unspecified atom stereocenters. The van der Waals surface area contributed by atoms with Gasteiger partial charge in [-0.1, -0.05) is 53.0 Å². The topological polar surface area (TPSA) is 15.3 Å². The quantitative estimate of drug-likeness (QED) is 0.781. The molecule has 2 nitrogen and oxygen atoms in total. The Morgan fingerprint density at radius 3 is 2.24 bits per heavy atom. The van der Waals surface area contributed by atoms with E-state index in [0.29, 0.717) is 15.2 Å². The summed E-state index contributed by atoms with van der Waals surface area (Å²) in [5, 5.41) is 4.92. The van der Waals surface area contributed by atoms with Crippen LogP contribution in [0.25, 0.3) is 0 Å². The smallest absolute Gasteiger partial charge is 0.173 e.